The fraction of sp³-hybridized carbons (Fsp3) is 0.625. The minimum absolute atomic E-state index is 0.311. The van der Waals surface area contributed by atoms with E-state index in [1.54, 1.807) is 10.4 Å². The van der Waals surface area contributed by atoms with Crippen molar-refractivity contribution in [2.24, 2.45) is 5.92 Å². The highest BCUT2D eigenvalue weighted by atomic mass is 32.2. The molecule has 0 spiro atoms. The number of hydrogen-bond donors (Lipinski definition) is 1. The normalized spacial score (nSPS) is 20.1. The molecule has 0 aliphatic carbocycles. The number of nitrogens with one attached hydrogen (secondary N) is 1. The first-order valence-electron chi connectivity index (χ1n) is 7.70. The van der Waals surface area contributed by atoms with Gasteiger partial charge in [-0.15, -0.1) is 0 Å². The molecule has 1 aromatic carbocycles. The molecule has 1 atom stereocenters. The minimum atomic E-state index is -3.52. The zero-order chi connectivity index (χ0) is 16.3. The van der Waals surface area contributed by atoms with E-state index in [1.165, 1.54) is 7.11 Å². The molecular weight excluding hydrogens is 300 g/mol. The standard InChI is InChI=1S/C16H26N2O3S/c1-12-8-13(2)16(15(9-12)21-4)22(19,20)18-7-5-6-14(11-18)10-17-3/h8-9,14,17H,5-7,10-11H2,1-4H3. The van der Waals surface area contributed by atoms with E-state index >= 15 is 0 Å². The summed E-state index contributed by atoms with van der Waals surface area (Å²) in [5, 5.41) is 3.14. The second-order valence-corrected chi connectivity index (χ2v) is 7.92. The maximum atomic E-state index is 13.1. The molecule has 1 N–H and O–H groups in total. The lowest BCUT2D eigenvalue weighted by atomic mass is 10.00. The van der Waals surface area contributed by atoms with E-state index in [0.717, 1.165) is 30.5 Å². The number of nitrogens with zero attached hydrogens (tertiary/aromatic N) is 1. The molecule has 22 heavy (non-hydrogen) atoms. The zero-order valence-corrected chi connectivity index (χ0v) is 14.7. The summed E-state index contributed by atoms with van der Waals surface area (Å²) in [5.41, 5.74) is 1.74. The lowest BCUT2D eigenvalue weighted by molar-refractivity contribution is 0.262. The van der Waals surface area contributed by atoms with Crippen molar-refractivity contribution < 1.29 is 13.2 Å². The van der Waals surface area contributed by atoms with Gasteiger partial charge in [0.15, 0.2) is 0 Å². The van der Waals surface area contributed by atoms with Gasteiger partial charge in [-0.25, -0.2) is 8.42 Å². The first-order valence-corrected chi connectivity index (χ1v) is 9.14. The Morgan fingerprint density at radius 2 is 2.09 bits per heavy atom. The predicted octanol–water partition coefficient (Wildman–Crippen LogP) is 1.93. The summed E-state index contributed by atoms with van der Waals surface area (Å²) in [5.74, 6) is 0.804. The number of aryl methyl sites for hydroxylation is 2. The molecule has 0 amide bonds. The van der Waals surface area contributed by atoms with Crippen molar-refractivity contribution >= 4 is 10.0 Å². The van der Waals surface area contributed by atoms with Crippen LogP contribution in [0.25, 0.3) is 0 Å². The summed E-state index contributed by atoms with van der Waals surface area (Å²) in [4.78, 5) is 0.311. The molecule has 1 heterocycles. The molecule has 1 unspecified atom stereocenters. The average Bonchev–Trinajstić information content (AvgIpc) is 2.46. The molecule has 1 aliphatic rings. The third-order valence-electron chi connectivity index (χ3n) is 4.18. The Morgan fingerprint density at radius 3 is 2.73 bits per heavy atom. The summed E-state index contributed by atoms with van der Waals surface area (Å²) in [6.07, 6.45) is 1.97. The lowest BCUT2D eigenvalue weighted by Gasteiger charge is -2.32. The van der Waals surface area contributed by atoms with Gasteiger partial charge in [0, 0.05) is 13.1 Å². The fourth-order valence-electron chi connectivity index (χ4n) is 3.23. The second-order valence-electron chi connectivity index (χ2n) is 6.04. The number of rotatable bonds is 5. The van der Waals surface area contributed by atoms with Crippen molar-refractivity contribution in [2.75, 3.05) is 33.8 Å². The lowest BCUT2D eigenvalue weighted by Crippen LogP contribution is -2.42. The van der Waals surface area contributed by atoms with E-state index in [9.17, 15) is 8.42 Å². The van der Waals surface area contributed by atoms with Crippen molar-refractivity contribution in [3.8, 4) is 5.75 Å². The van der Waals surface area contributed by atoms with Crippen LogP contribution in [0.15, 0.2) is 17.0 Å². The topological polar surface area (TPSA) is 58.6 Å². The van der Waals surface area contributed by atoms with Gasteiger partial charge in [0.2, 0.25) is 10.0 Å². The molecule has 0 saturated carbocycles. The van der Waals surface area contributed by atoms with Gasteiger partial charge < -0.3 is 10.1 Å². The third kappa shape index (κ3) is 3.45. The van der Waals surface area contributed by atoms with Crippen LogP contribution in [0.2, 0.25) is 0 Å². The van der Waals surface area contributed by atoms with E-state index in [4.69, 9.17) is 4.74 Å². The Kier molecular flexibility index (Phi) is 5.47. The number of hydrogen-bond acceptors (Lipinski definition) is 4. The van der Waals surface area contributed by atoms with Crippen LogP contribution < -0.4 is 10.1 Å². The number of methoxy groups -OCH3 is 1. The largest absolute Gasteiger partial charge is 0.495 e. The predicted molar refractivity (Wildman–Crippen MR) is 87.9 cm³/mol. The maximum Gasteiger partial charge on any atom is 0.247 e. The number of sulfonamides is 1. The van der Waals surface area contributed by atoms with Crippen molar-refractivity contribution in [1.29, 1.82) is 0 Å². The van der Waals surface area contributed by atoms with Crippen LogP contribution >= 0.6 is 0 Å². The zero-order valence-electron chi connectivity index (χ0n) is 13.8. The van der Waals surface area contributed by atoms with Crippen LogP contribution in [0.3, 0.4) is 0 Å². The van der Waals surface area contributed by atoms with Crippen LogP contribution in [-0.4, -0.2) is 46.5 Å². The van der Waals surface area contributed by atoms with Gasteiger partial charge >= 0.3 is 0 Å². The highest BCUT2D eigenvalue weighted by molar-refractivity contribution is 7.89. The maximum absolute atomic E-state index is 13.1. The molecule has 1 saturated heterocycles. The fourth-order valence-corrected chi connectivity index (χ4v) is 5.12. The Hall–Kier alpha value is -1.11. The highest BCUT2D eigenvalue weighted by Crippen LogP contribution is 2.33. The van der Waals surface area contributed by atoms with Crippen molar-refractivity contribution in [1.82, 2.24) is 9.62 Å². The third-order valence-corrected chi connectivity index (χ3v) is 6.23. The highest BCUT2D eigenvalue weighted by Gasteiger charge is 2.33. The Balaban J connectivity index is 2.38. The smallest absolute Gasteiger partial charge is 0.247 e. The summed E-state index contributed by atoms with van der Waals surface area (Å²) in [6, 6.07) is 3.68. The molecular formula is C16H26N2O3S. The van der Waals surface area contributed by atoms with Crippen LogP contribution in [0.4, 0.5) is 0 Å². The van der Waals surface area contributed by atoms with Gasteiger partial charge in [-0.3, -0.25) is 0 Å². The Bertz CT molecular complexity index is 627. The van der Waals surface area contributed by atoms with Crippen molar-refractivity contribution in [3.05, 3.63) is 23.3 Å². The van der Waals surface area contributed by atoms with Crippen molar-refractivity contribution in [2.45, 2.75) is 31.6 Å². The van der Waals surface area contributed by atoms with Crippen LogP contribution in [-0.2, 0) is 10.0 Å². The molecule has 1 aliphatic heterocycles. The SMILES string of the molecule is CNCC1CCCN(S(=O)(=O)c2c(C)cc(C)cc2OC)C1. The van der Waals surface area contributed by atoms with E-state index in [1.807, 2.05) is 27.0 Å². The molecule has 1 fully saturated rings. The van der Waals surface area contributed by atoms with E-state index in [-0.39, 0.29) is 0 Å². The molecule has 0 radical (unpaired) electrons. The second kappa shape index (κ2) is 6.98. The molecule has 124 valence electrons. The first kappa shape index (κ1) is 17.2. The van der Waals surface area contributed by atoms with Crippen LogP contribution in [0.5, 0.6) is 5.75 Å². The van der Waals surface area contributed by atoms with Gasteiger partial charge in [0.05, 0.1) is 7.11 Å². The molecule has 2 rings (SSSR count). The molecule has 1 aromatic rings. The van der Waals surface area contributed by atoms with Gasteiger partial charge in [-0.05, 0) is 63.4 Å². The summed E-state index contributed by atoms with van der Waals surface area (Å²) in [7, 11) is -0.0985. The minimum Gasteiger partial charge on any atom is -0.495 e. The van der Waals surface area contributed by atoms with Gasteiger partial charge in [0.25, 0.3) is 0 Å². The van der Waals surface area contributed by atoms with Gasteiger partial charge in [0.1, 0.15) is 10.6 Å². The van der Waals surface area contributed by atoms with Crippen LogP contribution in [0, 0.1) is 19.8 Å². The molecule has 0 aromatic heterocycles. The quantitative estimate of drug-likeness (QED) is 0.898. The molecule has 6 heteroatoms. The van der Waals surface area contributed by atoms with Crippen LogP contribution in [0.1, 0.15) is 24.0 Å². The van der Waals surface area contributed by atoms with E-state index < -0.39 is 10.0 Å². The Morgan fingerprint density at radius 1 is 1.36 bits per heavy atom. The average molecular weight is 326 g/mol. The number of benzene rings is 1. The monoisotopic (exact) mass is 326 g/mol. The molecule has 0 bridgehead atoms. The number of ether oxygens (including phenoxy) is 1. The molecule has 5 nitrogen and oxygen atoms in total. The summed E-state index contributed by atoms with van der Waals surface area (Å²) >= 11 is 0. The van der Waals surface area contributed by atoms with Crippen molar-refractivity contribution in [3.63, 3.8) is 0 Å². The van der Waals surface area contributed by atoms with E-state index in [2.05, 4.69) is 5.32 Å². The van der Waals surface area contributed by atoms with Gasteiger partial charge in [-0.1, -0.05) is 6.07 Å². The van der Waals surface area contributed by atoms with E-state index in [0.29, 0.717) is 29.7 Å². The van der Waals surface area contributed by atoms with Gasteiger partial charge in [-0.2, -0.15) is 4.31 Å². The Labute approximate surface area is 133 Å². The summed E-state index contributed by atoms with van der Waals surface area (Å²) < 4.78 is 33.1. The first-order chi connectivity index (χ1) is 10.4. The summed E-state index contributed by atoms with van der Waals surface area (Å²) in [6.45, 7) is 5.77. The number of piperidine rings is 1.